The Balaban J connectivity index is 0.000000536. The van der Waals surface area contributed by atoms with E-state index in [-0.39, 0.29) is 5.56 Å². The topological polar surface area (TPSA) is 52.2 Å². The molecule has 172 valence electrons. The van der Waals surface area contributed by atoms with E-state index < -0.39 is 0 Å². The molecule has 0 amide bonds. The van der Waals surface area contributed by atoms with E-state index in [1.54, 1.807) is 11.3 Å². The maximum atomic E-state index is 12.7. The second-order valence-corrected chi connectivity index (χ2v) is 8.96. The molecule has 1 aromatic carbocycles. The Labute approximate surface area is 195 Å². The van der Waals surface area contributed by atoms with E-state index in [1.807, 2.05) is 13.8 Å². The Hall–Kier alpha value is -2.44. The van der Waals surface area contributed by atoms with Gasteiger partial charge in [0.25, 0.3) is 5.56 Å². The highest BCUT2D eigenvalue weighted by Crippen LogP contribution is 2.32. The van der Waals surface area contributed by atoms with E-state index >= 15 is 0 Å². The summed E-state index contributed by atoms with van der Waals surface area (Å²) >= 11 is 1.68. The number of fused-ring (bicyclic) bond motifs is 3. The van der Waals surface area contributed by atoms with Crippen LogP contribution in [0.15, 0.2) is 41.2 Å². The zero-order valence-electron chi connectivity index (χ0n) is 19.9. The fourth-order valence-corrected chi connectivity index (χ4v) is 5.18. The van der Waals surface area contributed by atoms with Crippen LogP contribution >= 0.6 is 11.3 Å². The van der Waals surface area contributed by atoms with Gasteiger partial charge < -0.3 is 9.88 Å². The average molecular weight is 453 g/mol. The fraction of sp³-hybridized carbons (Fsp3) is 0.462. The lowest BCUT2D eigenvalue weighted by atomic mass is 10.0. The number of aromatic nitrogens is 2. The second kappa shape index (κ2) is 12.0. The summed E-state index contributed by atoms with van der Waals surface area (Å²) in [7, 11) is 0. The van der Waals surface area contributed by atoms with Gasteiger partial charge >= 0.3 is 0 Å². The molecule has 1 aliphatic heterocycles. The maximum absolute atomic E-state index is 12.7. The van der Waals surface area contributed by atoms with Crippen LogP contribution in [0.2, 0.25) is 0 Å². The zero-order chi connectivity index (χ0) is 22.9. The largest absolute Gasteiger partial charge is 0.369 e. The molecular formula is C26H36N4OS. The maximum Gasteiger partial charge on any atom is 0.260 e. The lowest BCUT2D eigenvalue weighted by Gasteiger charge is -2.35. The highest BCUT2D eigenvalue weighted by Gasteiger charge is 2.20. The van der Waals surface area contributed by atoms with Crippen molar-refractivity contribution in [2.24, 2.45) is 0 Å². The Morgan fingerprint density at radius 2 is 1.75 bits per heavy atom. The number of anilines is 1. The van der Waals surface area contributed by atoms with Crippen molar-refractivity contribution in [1.82, 2.24) is 14.9 Å². The number of para-hydroxylation sites is 1. The molecule has 2 aromatic heterocycles. The summed E-state index contributed by atoms with van der Waals surface area (Å²) in [5, 5.41) is 0.767. The third-order valence-electron chi connectivity index (χ3n) is 5.41. The van der Waals surface area contributed by atoms with Gasteiger partial charge in [0.15, 0.2) is 0 Å². The number of rotatable bonds is 3. The number of aromatic amines is 1. The molecule has 0 bridgehead atoms. The second-order valence-electron chi connectivity index (χ2n) is 7.88. The summed E-state index contributed by atoms with van der Waals surface area (Å²) in [6.07, 6.45) is 7.55. The molecule has 0 unspecified atom stereocenters. The summed E-state index contributed by atoms with van der Waals surface area (Å²) < 4.78 is 0. The minimum atomic E-state index is 0.00183. The molecule has 1 aliphatic carbocycles. The molecule has 5 nitrogen and oxygen atoms in total. The highest BCUT2D eigenvalue weighted by molar-refractivity contribution is 7.19. The quantitative estimate of drug-likeness (QED) is 0.553. The number of piperazine rings is 1. The SMILES string of the molecule is CC.CCC.O=c1[nH]c(CN2CCN(c3ccccc3)CC2)nc2sc3c(c12)C=CCC3. The molecule has 2 aliphatic rings. The zero-order valence-corrected chi connectivity index (χ0v) is 20.7. The molecule has 5 rings (SSSR count). The lowest BCUT2D eigenvalue weighted by molar-refractivity contribution is 0.244. The Morgan fingerprint density at radius 1 is 1.06 bits per heavy atom. The molecule has 3 heterocycles. The summed E-state index contributed by atoms with van der Waals surface area (Å²) in [6, 6.07) is 10.5. The molecule has 0 spiro atoms. The predicted molar refractivity (Wildman–Crippen MR) is 139 cm³/mol. The smallest absolute Gasteiger partial charge is 0.260 e. The first-order chi connectivity index (χ1) is 15.7. The van der Waals surface area contributed by atoms with E-state index in [9.17, 15) is 4.79 Å². The van der Waals surface area contributed by atoms with Gasteiger partial charge in [0.2, 0.25) is 0 Å². The van der Waals surface area contributed by atoms with Crippen LogP contribution < -0.4 is 10.5 Å². The van der Waals surface area contributed by atoms with Gasteiger partial charge in [0.1, 0.15) is 10.7 Å². The molecule has 3 aromatic rings. The van der Waals surface area contributed by atoms with Crippen molar-refractivity contribution in [2.75, 3.05) is 31.1 Å². The Morgan fingerprint density at radius 3 is 2.44 bits per heavy atom. The van der Waals surface area contributed by atoms with E-state index in [4.69, 9.17) is 4.98 Å². The molecule has 32 heavy (non-hydrogen) atoms. The lowest BCUT2D eigenvalue weighted by Crippen LogP contribution is -2.46. The van der Waals surface area contributed by atoms with Crippen LogP contribution in [0.3, 0.4) is 0 Å². The first-order valence-corrected chi connectivity index (χ1v) is 12.7. The van der Waals surface area contributed by atoms with Gasteiger partial charge in [-0.25, -0.2) is 4.98 Å². The molecule has 0 atom stereocenters. The van der Waals surface area contributed by atoms with Crippen LogP contribution in [0.1, 0.15) is 56.8 Å². The van der Waals surface area contributed by atoms with Crippen molar-refractivity contribution in [1.29, 1.82) is 0 Å². The van der Waals surface area contributed by atoms with Crippen LogP contribution in [-0.4, -0.2) is 41.0 Å². The van der Waals surface area contributed by atoms with Crippen molar-refractivity contribution in [2.45, 2.75) is 53.5 Å². The van der Waals surface area contributed by atoms with E-state index in [1.165, 1.54) is 17.0 Å². The van der Waals surface area contributed by atoms with E-state index in [0.717, 1.165) is 60.6 Å². The van der Waals surface area contributed by atoms with Crippen molar-refractivity contribution >= 4 is 33.3 Å². The van der Waals surface area contributed by atoms with Gasteiger partial charge in [-0.3, -0.25) is 9.69 Å². The van der Waals surface area contributed by atoms with Crippen LogP contribution in [0.25, 0.3) is 16.3 Å². The highest BCUT2D eigenvalue weighted by atomic mass is 32.1. The van der Waals surface area contributed by atoms with Gasteiger partial charge in [-0.15, -0.1) is 11.3 Å². The molecule has 6 heteroatoms. The minimum Gasteiger partial charge on any atom is -0.369 e. The predicted octanol–water partition coefficient (Wildman–Crippen LogP) is 5.71. The first kappa shape index (κ1) is 24.2. The van der Waals surface area contributed by atoms with E-state index in [2.05, 4.69) is 71.1 Å². The normalized spacial score (nSPS) is 15.4. The molecule has 0 radical (unpaired) electrons. The van der Waals surface area contributed by atoms with Gasteiger partial charge in [0, 0.05) is 42.3 Å². The van der Waals surface area contributed by atoms with Crippen LogP contribution in [0.4, 0.5) is 5.69 Å². The van der Waals surface area contributed by atoms with Gasteiger partial charge in [-0.2, -0.15) is 0 Å². The van der Waals surface area contributed by atoms with E-state index in [0.29, 0.717) is 6.54 Å². The van der Waals surface area contributed by atoms with Crippen molar-refractivity contribution in [3.63, 3.8) is 0 Å². The number of H-pyrrole nitrogens is 1. The molecule has 1 N–H and O–H groups in total. The summed E-state index contributed by atoms with van der Waals surface area (Å²) in [5.74, 6) is 0.781. The summed E-state index contributed by atoms with van der Waals surface area (Å²) in [5.41, 5.74) is 2.36. The summed E-state index contributed by atoms with van der Waals surface area (Å²) in [6.45, 7) is 12.9. The number of aryl methyl sites for hydroxylation is 1. The molecule has 1 saturated heterocycles. The van der Waals surface area contributed by atoms with Crippen molar-refractivity contribution in [3.05, 3.63) is 63.0 Å². The van der Waals surface area contributed by atoms with Gasteiger partial charge in [0.05, 0.1) is 11.9 Å². The number of nitrogens with one attached hydrogen (secondary N) is 1. The minimum absolute atomic E-state index is 0.00183. The molecule has 0 saturated carbocycles. The number of thiophene rings is 1. The van der Waals surface area contributed by atoms with Crippen molar-refractivity contribution in [3.8, 4) is 0 Å². The Bertz CT molecular complexity index is 1060. The van der Waals surface area contributed by atoms with Crippen LogP contribution in [0, 0.1) is 0 Å². The molecular weight excluding hydrogens is 416 g/mol. The third kappa shape index (κ3) is 5.67. The standard InChI is InChI=1S/C21H22N4OS.C3H8.C2H6/c26-20-19-16-8-4-5-9-17(16)27-21(19)23-18(22-20)14-24-10-12-25(13-11-24)15-6-2-1-3-7-15;1-3-2;1-2/h1-4,6-8H,5,9-14H2,(H,22,23,26);3H2,1-2H3;1-2H3. The van der Waals surface area contributed by atoms with Crippen LogP contribution in [0.5, 0.6) is 0 Å². The summed E-state index contributed by atoms with van der Waals surface area (Å²) in [4.78, 5) is 27.4. The number of benzene rings is 1. The number of hydrogen-bond acceptors (Lipinski definition) is 5. The Kier molecular flexibility index (Phi) is 9.06. The number of allylic oxidation sites excluding steroid dienone is 1. The number of hydrogen-bond donors (Lipinski definition) is 1. The molecule has 1 fully saturated rings. The van der Waals surface area contributed by atoms with Gasteiger partial charge in [-0.1, -0.05) is 64.5 Å². The monoisotopic (exact) mass is 452 g/mol. The third-order valence-corrected chi connectivity index (χ3v) is 6.57. The van der Waals surface area contributed by atoms with Crippen LogP contribution in [-0.2, 0) is 13.0 Å². The van der Waals surface area contributed by atoms with Gasteiger partial charge in [-0.05, 0) is 25.0 Å². The first-order valence-electron chi connectivity index (χ1n) is 11.9. The average Bonchev–Trinajstić information content (AvgIpc) is 3.21. The number of nitrogens with zero attached hydrogens (tertiary/aromatic N) is 3. The fourth-order valence-electron chi connectivity index (χ4n) is 3.99. The van der Waals surface area contributed by atoms with Crippen molar-refractivity contribution < 1.29 is 0 Å².